The lowest BCUT2D eigenvalue weighted by atomic mass is 10.5. The Labute approximate surface area is 71.6 Å². The van der Waals surface area contributed by atoms with Crippen molar-refractivity contribution in [2.24, 2.45) is 0 Å². The second kappa shape index (κ2) is 3.14. The Morgan fingerprint density at radius 3 is 2.90 bits per heavy atom. The first-order valence-corrected chi connectivity index (χ1v) is 3.67. The minimum absolute atomic E-state index is 0.0481. The highest BCUT2D eigenvalue weighted by Crippen LogP contribution is 2.17. The Morgan fingerprint density at radius 2 is 2.40 bits per heavy atom. The Kier molecular flexibility index (Phi) is 2.42. The number of rotatable bonds is 1. The summed E-state index contributed by atoms with van der Waals surface area (Å²) >= 11 is 1.88. The van der Waals surface area contributed by atoms with Crippen molar-refractivity contribution in [1.29, 1.82) is 0 Å². The highest BCUT2D eigenvalue weighted by Gasteiger charge is 2.05. The maximum atomic E-state index is 12.8. The van der Waals surface area contributed by atoms with Crippen LogP contribution in [0, 0.1) is 9.39 Å². The Hall–Kier alpha value is -0.390. The van der Waals surface area contributed by atoms with Crippen molar-refractivity contribution in [2.75, 3.05) is 7.11 Å². The fourth-order valence-electron chi connectivity index (χ4n) is 0.545. The summed E-state index contributed by atoms with van der Waals surface area (Å²) in [7, 11) is 1.39. The van der Waals surface area contributed by atoms with E-state index in [0.29, 0.717) is 3.57 Å². The van der Waals surface area contributed by atoms with E-state index >= 15 is 0 Å². The normalized spacial score (nSPS) is 9.50. The van der Waals surface area contributed by atoms with E-state index in [1.165, 1.54) is 13.3 Å². The predicted octanol–water partition coefficient (Wildman–Crippen LogP) is 1.83. The molecule has 0 radical (unpaired) electrons. The van der Waals surface area contributed by atoms with Gasteiger partial charge in [0, 0.05) is 6.20 Å². The summed E-state index contributed by atoms with van der Waals surface area (Å²) in [5.74, 6) is -0.350. The lowest BCUT2D eigenvalue weighted by molar-refractivity contribution is 0.367. The number of pyridine rings is 1. The van der Waals surface area contributed by atoms with Crippen LogP contribution in [0.15, 0.2) is 12.3 Å². The predicted molar refractivity (Wildman–Crippen MR) is 43.5 cm³/mol. The monoisotopic (exact) mass is 253 g/mol. The summed E-state index contributed by atoms with van der Waals surface area (Å²) < 4.78 is 18.0. The summed E-state index contributed by atoms with van der Waals surface area (Å²) in [6.07, 6.45) is 1.50. The van der Waals surface area contributed by atoms with Crippen LogP contribution in [-0.4, -0.2) is 12.1 Å². The van der Waals surface area contributed by atoms with E-state index in [1.807, 2.05) is 22.6 Å². The van der Waals surface area contributed by atoms with E-state index in [0.717, 1.165) is 0 Å². The average molecular weight is 253 g/mol. The van der Waals surface area contributed by atoms with Gasteiger partial charge in [0.05, 0.1) is 10.7 Å². The topological polar surface area (TPSA) is 22.1 Å². The molecule has 0 bridgehead atoms. The van der Waals surface area contributed by atoms with E-state index in [1.54, 1.807) is 6.07 Å². The third-order valence-electron chi connectivity index (χ3n) is 1.00. The Bertz CT molecular complexity index is 241. The molecule has 0 N–H and O–H groups in total. The fraction of sp³-hybridized carbons (Fsp3) is 0.167. The molecule has 0 aliphatic rings. The highest BCUT2D eigenvalue weighted by molar-refractivity contribution is 14.1. The Balaban J connectivity index is 3.14. The van der Waals surface area contributed by atoms with Gasteiger partial charge in [-0.1, -0.05) is 0 Å². The molecule has 4 heteroatoms. The van der Waals surface area contributed by atoms with Crippen molar-refractivity contribution in [1.82, 2.24) is 4.98 Å². The molecule has 0 atom stereocenters. The van der Waals surface area contributed by atoms with Crippen molar-refractivity contribution in [3.8, 4) is 5.88 Å². The van der Waals surface area contributed by atoms with Crippen LogP contribution in [0.25, 0.3) is 0 Å². The lowest BCUT2D eigenvalue weighted by Crippen LogP contribution is -1.93. The van der Waals surface area contributed by atoms with Gasteiger partial charge in [-0.05, 0) is 28.7 Å². The molecule has 0 saturated carbocycles. The molecule has 0 spiro atoms. The van der Waals surface area contributed by atoms with Crippen molar-refractivity contribution < 1.29 is 9.13 Å². The van der Waals surface area contributed by atoms with Crippen LogP contribution in [0.4, 0.5) is 4.39 Å². The summed E-state index contributed by atoms with van der Waals surface area (Å²) in [6, 6.07) is 1.58. The smallest absolute Gasteiger partial charge is 0.251 e. The van der Waals surface area contributed by atoms with Gasteiger partial charge >= 0.3 is 0 Å². The third-order valence-corrected chi connectivity index (χ3v) is 1.84. The minimum atomic E-state index is -0.398. The molecule has 1 aromatic rings. The summed E-state index contributed by atoms with van der Waals surface area (Å²) in [6.45, 7) is 0. The minimum Gasteiger partial charge on any atom is -0.479 e. The van der Waals surface area contributed by atoms with Gasteiger partial charge in [0.25, 0.3) is 5.88 Å². The molecule has 2 nitrogen and oxygen atoms in total. The molecular formula is C6H5FINO. The number of aromatic nitrogens is 1. The lowest BCUT2D eigenvalue weighted by Gasteiger charge is -1.99. The molecule has 0 amide bonds. The largest absolute Gasteiger partial charge is 0.479 e. The number of halogens is 2. The third kappa shape index (κ3) is 1.36. The maximum Gasteiger partial charge on any atom is 0.251 e. The van der Waals surface area contributed by atoms with Crippen LogP contribution in [0.2, 0.25) is 0 Å². The van der Waals surface area contributed by atoms with Crippen LogP contribution < -0.4 is 4.74 Å². The van der Waals surface area contributed by atoms with Gasteiger partial charge < -0.3 is 4.74 Å². The van der Waals surface area contributed by atoms with Gasteiger partial charge in [0.1, 0.15) is 0 Å². The first-order valence-electron chi connectivity index (χ1n) is 2.59. The summed E-state index contributed by atoms with van der Waals surface area (Å²) in [5, 5.41) is 0. The van der Waals surface area contributed by atoms with Crippen LogP contribution in [0.5, 0.6) is 5.88 Å². The van der Waals surface area contributed by atoms with Gasteiger partial charge in [-0.2, -0.15) is 4.39 Å². The Morgan fingerprint density at radius 1 is 1.70 bits per heavy atom. The highest BCUT2D eigenvalue weighted by atomic mass is 127. The molecule has 0 aromatic carbocycles. The molecule has 0 saturated heterocycles. The molecule has 1 aromatic heterocycles. The number of hydrogen-bond donors (Lipinski definition) is 0. The molecular weight excluding hydrogens is 248 g/mol. The summed E-state index contributed by atoms with van der Waals surface area (Å²) in [5.41, 5.74) is 0. The fourth-order valence-corrected chi connectivity index (χ4v) is 0.936. The quantitative estimate of drug-likeness (QED) is 0.712. The zero-order chi connectivity index (χ0) is 7.56. The maximum absolute atomic E-state index is 12.8. The molecule has 1 heterocycles. The number of hydrogen-bond acceptors (Lipinski definition) is 2. The number of ether oxygens (including phenoxy) is 1. The van der Waals surface area contributed by atoms with Crippen LogP contribution in [-0.2, 0) is 0 Å². The van der Waals surface area contributed by atoms with E-state index in [-0.39, 0.29) is 5.88 Å². The van der Waals surface area contributed by atoms with Crippen molar-refractivity contribution in [3.63, 3.8) is 0 Å². The van der Waals surface area contributed by atoms with Crippen LogP contribution in [0.3, 0.4) is 0 Å². The average Bonchev–Trinajstić information content (AvgIpc) is 1.95. The number of nitrogens with zero attached hydrogens (tertiary/aromatic N) is 1. The van der Waals surface area contributed by atoms with Gasteiger partial charge in [0.2, 0.25) is 0 Å². The number of methoxy groups -OCH3 is 1. The standard InChI is InChI=1S/C6H5FINO/c1-10-6-5(7)4(8)2-3-9-6/h2-3H,1H3. The van der Waals surface area contributed by atoms with E-state index in [4.69, 9.17) is 0 Å². The van der Waals surface area contributed by atoms with Gasteiger partial charge in [-0.25, -0.2) is 4.98 Å². The molecule has 0 unspecified atom stereocenters. The molecule has 10 heavy (non-hydrogen) atoms. The van der Waals surface area contributed by atoms with Crippen molar-refractivity contribution in [2.45, 2.75) is 0 Å². The second-order valence-corrected chi connectivity index (χ2v) is 2.78. The van der Waals surface area contributed by atoms with Crippen molar-refractivity contribution in [3.05, 3.63) is 21.7 Å². The van der Waals surface area contributed by atoms with E-state index in [2.05, 4.69) is 9.72 Å². The zero-order valence-electron chi connectivity index (χ0n) is 5.27. The molecule has 0 fully saturated rings. The summed E-state index contributed by atoms with van der Waals surface area (Å²) in [4.78, 5) is 3.66. The van der Waals surface area contributed by atoms with Crippen molar-refractivity contribution >= 4 is 22.6 Å². The van der Waals surface area contributed by atoms with Crippen LogP contribution in [0.1, 0.15) is 0 Å². The van der Waals surface area contributed by atoms with Gasteiger partial charge in [0.15, 0.2) is 5.82 Å². The van der Waals surface area contributed by atoms with E-state index in [9.17, 15) is 4.39 Å². The first kappa shape index (κ1) is 7.71. The molecule has 54 valence electrons. The van der Waals surface area contributed by atoms with Gasteiger partial charge in [-0.15, -0.1) is 0 Å². The molecule has 0 aliphatic carbocycles. The van der Waals surface area contributed by atoms with E-state index < -0.39 is 5.82 Å². The van der Waals surface area contributed by atoms with Gasteiger partial charge in [-0.3, -0.25) is 0 Å². The SMILES string of the molecule is COc1nccc(I)c1F. The molecule has 0 aliphatic heterocycles. The second-order valence-electron chi connectivity index (χ2n) is 1.62. The van der Waals surface area contributed by atoms with Crippen LogP contribution >= 0.6 is 22.6 Å². The molecule has 1 rings (SSSR count). The zero-order valence-corrected chi connectivity index (χ0v) is 7.42. The first-order chi connectivity index (χ1) is 4.75.